The van der Waals surface area contributed by atoms with Crippen molar-refractivity contribution in [3.8, 4) is 33.4 Å². The highest BCUT2D eigenvalue weighted by Crippen LogP contribution is 2.34. The number of fused-ring (bicyclic) bond motifs is 1. The molecule has 2 aromatic carbocycles. The highest BCUT2D eigenvalue weighted by molar-refractivity contribution is 7.92. The van der Waals surface area contributed by atoms with Gasteiger partial charge < -0.3 is 10.2 Å². The van der Waals surface area contributed by atoms with E-state index in [-0.39, 0.29) is 24.4 Å². The van der Waals surface area contributed by atoms with Crippen LogP contribution in [-0.4, -0.2) is 57.0 Å². The van der Waals surface area contributed by atoms with Gasteiger partial charge in [0.15, 0.2) is 0 Å². The van der Waals surface area contributed by atoms with E-state index in [9.17, 15) is 22.3 Å². The highest BCUT2D eigenvalue weighted by Gasteiger charge is 2.15. The van der Waals surface area contributed by atoms with Crippen LogP contribution in [0, 0.1) is 11.6 Å². The molecule has 0 amide bonds. The molecular weight excluding hydrogens is 516 g/mol. The summed E-state index contributed by atoms with van der Waals surface area (Å²) in [4.78, 5) is 0. The first-order chi connectivity index (χ1) is 18.1. The zero-order chi connectivity index (χ0) is 27.0. The van der Waals surface area contributed by atoms with Gasteiger partial charge in [-0.2, -0.15) is 10.2 Å². The van der Waals surface area contributed by atoms with Crippen LogP contribution in [0.15, 0.2) is 73.3 Å². The number of nitrogens with one attached hydrogen (secondary N) is 1. The molecule has 5 rings (SSSR count). The van der Waals surface area contributed by atoms with Crippen LogP contribution in [0.25, 0.3) is 38.9 Å². The van der Waals surface area contributed by atoms with Crippen LogP contribution in [0.4, 0.5) is 14.5 Å². The van der Waals surface area contributed by atoms with E-state index in [2.05, 4.69) is 14.9 Å². The van der Waals surface area contributed by atoms with Gasteiger partial charge >= 0.3 is 0 Å². The fraction of sp³-hybridized carbons (Fsp3) is 0.154. The number of aliphatic hydroxyl groups excluding tert-OH is 2. The summed E-state index contributed by atoms with van der Waals surface area (Å²) < 4.78 is 57.6. The number of halogens is 2. The van der Waals surface area contributed by atoms with Crippen molar-refractivity contribution in [2.75, 3.05) is 17.6 Å². The molecule has 1 atom stereocenters. The summed E-state index contributed by atoms with van der Waals surface area (Å²) in [6.07, 6.45) is 6.89. The van der Waals surface area contributed by atoms with E-state index < -0.39 is 27.8 Å². The molecule has 0 spiro atoms. The van der Waals surface area contributed by atoms with E-state index in [4.69, 9.17) is 5.11 Å². The molecule has 1 unspecified atom stereocenters. The van der Waals surface area contributed by atoms with Crippen molar-refractivity contribution in [3.05, 3.63) is 85.0 Å². The number of hydrogen-bond donors (Lipinski definition) is 3. The van der Waals surface area contributed by atoms with Crippen molar-refractivity contribution >= 4 is 21.2 Å². The molecule has 9 nitrogen and oxygen atoms in total. The van der Waals surface area contributed by atoms with Gasteiger partial charge in [0.2, 0.25) is 10.0 Å². The van der Waals surface area contributed by atoms with Crippen molar-refractivity contribution in [2.45, 2.75) is 12.6 Å². The number of benzene rings is 2. The normalized spacial score (nSPS) is 12.7. The standard InChI is InChI=1S/C26H23F2N5O4S/c1-38(36,37)31-21-7-17(23-4-3-20(27)9-25(23)28)6-18(8-21)24-11-30-33-13-16(2-5-26(24)33)19-10-29-32(12-19)14-22(35)15-34/h2-13,22,31,34-35H,14-15H2,1H3. The van der Waals surface area contributed by atoms with E-state index in [1.165, 1.54) is 16.8 Å². The van der Waals surface area contributed by atoms with E-state index in [0.29, 0.717) is 22.2 Å². The molecule has 0 bridgehead atoms. The Morgan fingerprint density at radius 3 is 2.39 bits per heavy atom. The topological polar surface area (TPSA) is 122 Å². The fourth-order valence-corrected chi connectivity index (χ4v) is 4.74. The molecule has 3 heterocycles. The molecule has 5 aromatic rings. The van der Waals surface area contributed by atoms with Crippen molar-refractivity contribution in [1.29, 1.82) is 0 Å². The van der Waals surface area contributed by atoms with Gasteiger partial charge in [0.05, 0.1) is 43.4 Å². The van der Waals surface area contributed by atoms with E-state index in [1.807, 2.05) is 12.1 Å². The molecular formula is C26H23F2N5O4S. The molecule has 12 heteroatoms. The Hall–Kier alpha value is -4.13. The number of aliphatic hydroxyl groups is 2. The molecule has 196 valence electrons. The summed E-state index contributed by atoms with van der Waals surface area (Å²) in [6, 6.07) is 11.7. The number of aromatic nitrogens is 4. The smallest absolute Gasteiger partial charge is 0.229 e. The van der Waals surface area contributed by atoms with Crippen LogP contribution in [0.5, 0.6) is 0 Å². The van der Waals surface area contributed by atoms with E-state index in [1.54, 1.807) is 41.4 Å². The van der Waals surface area contributed by atoms with Crippen molar-refractivity contribution in [2.24, 2.45) is 0 Å². The monoisotopic (exact) mass is 539 g/mol. The summed E-state index contributed by atoms with van der Waals surface area (Å²) in [5, 5.41) is 27.3. The zero-order valence-corrected chi connectivity index (χ0v) is 20.9. The van der Waals surface area contributed by atoms with Gasteiger partial charge in [-0.3, -0.25) is 9.40 Å². The van der Waals surface area contributed by atoms with Crippen LogP contribution < -0.4 is 4.72 Å². The second-order valence-corrected chi connectivity index (χ2v) is 10.6. The number of nitrogens with zero attached hydrogens (tertiary/aromatic N) is 4. The second kappa shape index (κ2) is 9.97. The van der Waals surface area contributed by atoms with Gasteiger partial charge in [-0.25, -0.2) is 21.7 Å². The zero-order valence-electron chi connectivity index (χ0n) is 20.1. The summed E-state index contributed by atoms with van der Waals surface area (Å²) in [6.45, 7) is -0.215. The minimum Gasteiger partial charge on any atom is -0.394 e. The van der Waals surface area contributed by atoms with Crippen LogP contribution in [0.1, 0.15) is 0 Å². The van der Waals surface area contributed by atoms with E-state index in [0.717, 1.165) is 29.5 Å². The number of anilines is 1. The average molecular weight is 540 g/mol. The molecule has 0 aliphatic rings. The van der Waals surface area contributed by atoms with Crippen molar-refractivity contribution < 1.29 is 27.4 Å². The second-order valence-electron chi connectivity index (χ2n) is 8.89. The maximum absolute atomic E-state index is 14.6. The quantitative estimate of drug-likeness (QED) is 0.277. The predicted molar refractivity (Wildman–Crippen MR) is 139 cm³/mol. The van der Waals surface area contributed by atoms with Crippen molar-refractivity contribution in [1.82, 2.24) is 19.4 Å². The van der Waals surface area contributed by atoms with Gasteiger partial charge in [-0.1, -0.05) is 6.07 Å². The first kappa shape index (κ1) is 25.5. The highest BCUT2D eigenvalue weighted by atomic mass is 32.2. The Bertz CT molecular complexity index is 1750. The van der Waals surface area contributed by atoms with Crippen molar-refractivity contribution in [3.63, 3.8) is 0 Å². The third kappa shape index (κ3) is 5.42. The summed E-state index contributed by atoms with van der Waals surface area (Å²) in [7, 11) is -3.63. The Morgan fingerprint density at radius 2 is 1.68 bits per heavy atom. The lowest BCUT2D eigenvalue weighted by Gasteiger charge is -2.12. The number of pyridine rings is 1. The lowest BCUT2D eigenvalue weighted by atomic mass is 9.98. The summed E-state index contributed by atoms with van der Waals surface area (Å²) >= 11 is 0. The van der Waals surface area contributed by atoms with Crippen LogP contribution in [0.2, 0.25) is 0 Å². The first-order valence-electron chi connectivity index (χ1n) is 11.5. The van der Waals surface area contributed by atoms with Crippen LogP contribution in [-0.2, 0) is 16.6 Å². The lowest BCUT2D eigenvalue weighted by molar-refractivity contribution is 0.0783. The van der Waals surface area contributed by atoms with Gasteiger partial charge in [0, 0.05) is 46.4 Å². The van der Waals surface area contributed by atoms with E-state index >= 15 is 0 Å². The predicted octanol–water partition coefficient (Wildman–Crippen LogP) is 3.53. The summed E-state index contributed by atoms with van der Waals surface area (Å²) in [5.74, 6) is -1.49. The third-order valence-corrected chi connectivity index (χ3v) is 6.49. The van der Waals surface area contributed by atoms with Gasteiger partial charge in [-0.15, -0.1) is 0 Å². The minimum atomic E-state index is -3.63. The Morgan fingerprint density at radius 1 is 0.921 bits per heavy atom. The first-order valence-corrected chi connectivity index (χ1v) is 13.4. The number of rotatable bonds is 8. The molecule has 0 radical (unpaired) electrons. The molecule has 0 saturated carbocycles. The SMILES string of the molecule is CS(=O)(=O)Nc1cc(-c2ccc(F)cc2F)cc(-c2cnn3cc(-c4cnn(CC(O)CO)c4)ccc23)c1. The fourth-order valence-electron chi connectivity index (χ4n) is 4.20. The van der Waals surface area contributed by atoms with Gasteiger partial charge in [-0.05, 0) is 47.5 Å². The number of sulfonamides is 1. The van der Waals surface area contributed by atoms with Crippen LogP contribution in [0.3, 0.4) is 0 Å². The Balaban J connectivity index is 1.56. The average Bonchev–Trinajstić information content (AvgIpc) is 3.49. The summed E-state index contributed by atoms with van der Waals surface area (Å²) in [5.41, 5.74) is 4.23. The van der Waals surface area contributed by atoms with Gasteiger partial charge in [0.1, 0.15) is 11.6 Å². The number of hydrogen-bond acceptors (Lipinski definition) is 6. The Kier molecular flexibility index (Phi) is 6.69. The Labute approximate surface area is 216 Å². The molecule has 0 saturated heterocycles. The molecule has 3 N–H and O–H groups in total. The molecule has 38 heavy (non-hydrogen) atoms. The third-order valence-electron chi connectivity index (χ3n) is 5.88. The maximum Gasteiger partial charge on any atom is 0.229 e. The maximum atomic E-state index is 14.6. The molecule has 0 fully saturated rings. The van der Waals surface area contributed by atoms with Crippen LogP contribution >= 0.6 is 0 Å². The molecule has 3 aromatic heterocycles. The lowest BCUT2D eigenvalue weighted by Crippen LogP contribution is -2.19. The molecule has 0 aliphatic carbocycles. The van der Waals surface area contributed by atoms with Gasteiger partial charge in [0.25, 0.3) is 0 Å². The largest absolute Gasteiger partial charge is 0.394 e. The minimum absolute atomic E-state index is 0.117. The molecule has 0 aliphatic heterocycles.